The first-order chi connectivity index (χ1) is 15.1. The summed E-state index contributed by atoms with van der Waals surface area (Å²) in [7, 11) is 0. The van der Waals surface area contributed by atoms with E-state index in [1.165, 1.54) is 16.7 Å². The van der Waals surface area contributed by atoms with Crippen molar-refractivity contribution in [2.24, 2.45) is 5.73 Å². The lowest BCUT2D eigenvalue weighted by Crippen LogP contribution is -2.50. The number of oxazole rings is 2. The number of ether oxygens (including phenoxy) is 1. The Morgan fingerprint density at radius 1 is 1.25 bits per heavy atom. The fourth-order valence-electron chi connectivity index (χ4n) is 2.35. The summed E-state index contributed by atoms with van der Waals surface area (Å²) in [5.41, 5.74) is 4.60. The Bertz CT molecular complexity index is 1090. The number of halogens is 1. The molecule has 1 aromatic carbocycles. The van der Waals surface area contributed by atoms with Crippen molar-refractivity contribution in [2.75, 3.05) is 19.8 Å². The standard InChI is InChI=1S/C15H13ClN2O6.C4H11NO3/c1-8-6-17-13(23-8)7-22-11-5-12-10(4-9(11)16)18(15(21)24-12)3-2-14(19)20;5-4(1-6,2-7)3-8/h4-6H,2-3,7H2,1H3,(H,19,20);6-8H,1-3,5H2. The van der Waals surface area contributed by atoms with Crippen molar-refractivity contribution in [3.63, 3.8) is 0 Å². The lowest BCUT2D eigenvalue weighted by atomic mass is 10.1. The molecule has 0 bridgehead atoms. The van der Waals surface area contributed by atoms with Crippen molar-refractivity contribution in [1.82, 2.24) is 9.55 Å². The second-order valence-corrected chi connectivity index (χ2v) is 7.31. The molecule has 6 N–H and O–H groups in total. The number of aliphatic hydroxyl groups is 3. The van der Waals surface area contributed by atoms with Gasteiger partial charge in [0.25, 0.3) is 0 Å². The smallest absolute Gasteiger partial charge is 0.419 e. The fraction of sp³-hybridized carbons (Fsp3) is 0.421. The van der Waals surface area contributed by atoms with Crippen molar-refractivity contribution in [2.45, 2.75) is 32.0 Å². The monoisotopic (exact) mass is 473 g/mol. The number of nitrogens with zero attached hydrogens (tertiary/aromatic N) is 2. The molecule has 32 heavy (non-hydrogen) atoms. The highest BCUT2D eigenvalue weighted by molar-refractivity contribution is 6.32. The number of carbonyl (C=O) groups is 1. The first-order valence-corrected chi connectivity index (χ1v) is 9.70. The van der Waals surface area contributed by atoms with Crippen LogP contribution in [0.25, 0.3) is 11.1 Å². The molecule has 0 radical (unpaired) electrons. The van der Waals surface area contributed by atoms with Crippen LogP contribution in [0.15, 0.2) is 32.0 Å². The van der Waals surface area contributed by atoms with E-state index in [4.69, 9.17) is 51.3 Å². The van der Waals surface area contributed by atoms with Gasteiger partial charge in [0.2, 0.25) is 5.89 Å². The Morgan fingerprint density at radius 3 is 2.41 bits per heavy atom. The van der Waals surface area contributed by atoms with Gasteiger partial charge in [-0.2, -0.15) is 0 Å². The number of aliphatic carboxylic acids is 1. The van der Waals surface area contributed by atoms with Crippen molar-refractivity contribution >= 4 is 28.7 Å². The summed E-state index contributed by atoms with van der Waals surface area (Å²) in [5, 5.41) is 34.0. The van der Waals surface area contributed by atoms with Gasteiger partial charge in [0.05, 0.1) is 48.5 Å². The summed E-state index contributed by atoms with van der Waals surface area (Å²) in [5.74, 6) is -0.300. The van der Waals surface area contributed by atoms with Crippen LogP contribution in [0.5, 0.6) is 5.75 Å². The molecule has 3 aromatic rings. The lowest BCUT2D eigenvalue weighted by molar-refractivity contribution is -0.137. The second-order valence-electron chi connectivity index (χ2n) is 6.90. The second kappa shape index (κ2) is 11.1. The number of carboxylic acids is 1. The maximum absolute atomic E-state index is 11.9. The van der Waals surface area contributed by atoms with Crippen LogP contribution in [0.3, 0.4) is 0 Å². The lowest BCUT2D eigenvalue weighted by Gasteiger charge is -2.20. The van der Waals surface area contributed by atoms with E-state index in [0.717, 1.165) is 0 Å². The molecule has 3 rings (SSSR count). The van der Waals surface area contributed by atoms with Crippen LogP contribution in [0.1, 0.15) is 18.1 Å². The minimum Gasteiger partial charge on any atom is -0.482 e. The molecule has 0 aliphatic carbocycles. The van der Waals surface area contributed by atoms with Crippen LogP contribution in [-0.4, -0.2) is 61.3 Å². The number of nitrogens with two attached hydrogens (primary N) is 1. The average molecular weight is 474 g/mol. The van der Waals surface area contributed by atoms with Crippen LogP contribution >= 0.6 is 11.6 Å². The first-order valence-electron chi connectivity index (χ1n) is 9.32. The average Bonchev–Trinajstić information content (AvgIpc) is 3.32. The fourth-order valence-corrected chi connectivity index (χ4v) is 2.56. The van der Waals surface area contributed by atoms with Gasteiger partial charge in [-0.05, 0) is 13.0 Å². The Kier molecular flexibility index (Phi) is 8.80. The van der Waals surface area contributed by atoms with E-state index >= 15 is 0 Å². The minimum atomic E-state index is -1.21. The molecular formula is C19H24ClN3O9. The molecule has 176 valence electrons. The quantitative estimate of drug-likeness (QED) is 0.286. The van der Waals surface area contributed by atoms with E-state index < -0.39 is 37.1 Å². The number of aliphatic hydroxyl groups excluding tert-OH is 3. The highest BCUT2D eigenvalue weighted by Crippen LogP contribution is 2.30. The number of benzene rings is 1. The number of hydrogen-bond acceptors (Lipinski definition) is 10. The van der Waals surface area contributed by atoms with E-state index in [1.807, 2.05) is 0 Å². The molecule has 0 saturated heterocycles. The molecular weight excluding hydrogens is 450 g/mol. The molecule has 0 unspecified atom stereocenters. The number of hydrogen-bond donors (Lipinski definition) is 5. The van der Waals surface area contributed by atoms with Crippen LogP contribution < -0.4 is 16.2 Å². The van der Waals surface area contributed by atoms with Gasteiger partial charge in [-0.3, -0.25) is 9.36 Å². The molecule has 2 aromatic heterocycles. The van der Waals surface area contributed by atoms with Gasteiger partial charge in [0.1, 0.15) is 11.5 Å². The molecule has 0 saturated carbocycles. The number of fused-ring (bicyclic) bond motifs is 1. The van der Waals surface area contributed by atoms with Gasteiger partial charge < -0.3 is 39.7 Å². The predicted molar refractivity (Wildman–Crippen MR) is 111 cm³/mol. The van der Waals surface area contributed by atoms with E-state index in [1.54, 1.807) is 13.1 Å². The third-order valence-electron chi connectivity index (χ3n) is 4.24. The summed E-state index contributed by atoms with van der Waals surface area (Å²) in [6.07, 6.45) is 1.37. The largest absolute Gasteiger partial charge is 0.482 e. The van der Waals surface area contributed by atoms with Gasteiger partial charge in [0, 0.05) is 12.6 Å². The first kappa shape index (κ1) is 25.4. The maximum atomic E-state index is 11.9. The van der Waals surface area contributed by atoms with Gasteiger partial charge in [-0.1, -0.05) is 11.6 Å². The summed E-state index contributed by atoms with van der Waals surface area (Å²) in [6.45, 7) is 0.625. The number of aryl methyl sites for hydroxylation is 2. The van der Waals surface area contributed by atoms with Crippen LogP contribution in [-0.2, 0) is 17.9 Å². The Labute approximate surface area is 186 Å². The van der Waals surface area contributed by atoms with Crippen molar-refractivity contribution < 1.29 is 38.8 Å². The van der Waals surface area contributed by atoms with Gasteiger partial charge >= 0.3 is 11.7 Å². The molecule has 13 heteroatoms. The van der Waals surface area contributed by atoms with Gasteiger partial charge in [-0.25, -0.2) is 9.78 Å². The highest BCUT2D eigenvalue weighted by atomic mass is 35.5. The molecule has 0 fully saturated rings. The molecule has 0 amide bonds. The molecule has 0 spiro atoms. The number of rotatable bonds is 9. The zero-order valence-corrected chi connectivity index (χ0v) is 17.9. The van der Waals surface area contributed by atoms with Crippen LogP contribution in [0, 0.1) is 6.92 Å². The SMILES string of the molecule is Cc1cnc(COc2cc3oc(=O)n(CCC(=O)O)c3cc2Cl)o1.NC(CO)(CO)CO. The minimum absolute atomic E-state index is 0.00666. The van der Waals surface area contributed by atoms with Crippen LogP contribution in [0.2, 0.25) is 5.02 Å². The van der Waals surface area contributed by atoms with Gasteiger partial charge in [0.15, 0.2) is 12.2 Å². The Morgan fingerprint density at radius 2 is 1.91 bits per heavy atom. The highest BCUT2D eigenvalue weighted by Gasteiger charge is 2.20. The third-order valence-corrected chi connectivity index (χ3v) is 4.53. The molecule has 0 aliphatic heterocycles. The number of carboxylic acid groups (broad SMARTS) is 1. The summed E-state index contributed by atoms with van der Waals surface area (Å²) in [4.78, 5) is 26.5. The topological polar surface area (TPSA) is 194 Å². The zero-order chi connectivity index (χ0) is 23.9. The van der Waals surface area contributed by atoms with Crippen molar-refractivity contribution in [1.29, 1.82) is 0 Å². The van der Waals surface area contributed by atoms with Crippen molar-refractivity contribution in [3.05, 3.63) is 45.6 Å². The molecule has 0 atom stereocenters. The molecule has 2 heterocycles. The third kappa shape index (κ3) is 6.55. The van der Waals surface area contributed by atoms with E-state index in [9.17, 15) is 9.59 Å². The Hall–Kier alpha value is -2.90. The van der Waals surface area contributed by atoms with Crippen LogP contribution in [0.4, 0.5) is 0 Å². The Balaban J connectivity index is 0.000000390. The molecule has 0 aliphatic rings. The molecule has 12 nitrogen and oxygen atoms in total. The van der Waals surface area contributed by atoms with E-state index in [0.29, 0.717) is 22.9 Å². The van der Waals surface area contributed by atoms with E-state index in [2.05, 4.69) is 4.98 Å². The summed E-state index contributed by atoms with van der Waals surface area (Å²) >= 11 is 6.17. The van der Waals surface area contributed by atoms with Crippen molar-refractivity contribution in [3.8, 4) is 5.75 Å². The van der Waals surface area contributed by atoms with Gasteiger partial charge in [-0.15, -0.1) is 0 Å². The normalized spacial score (nSPS) is 11.3. The summed E-state index contributed by atoms with van der Waals surface area (Å²) in [6, 6.07) is 2.98. The summed E-state index contributed by atoms with van der Waals surface area (Å²) < 4.78 is 17.2. The maximum Gasteiger partial charge on any atom is 0.419 e. The predicted octanol–water partition coefficient (Wildman–Crippen LogP) is 0.259. The van der Waals surface area contributed by atoms with E-state index in [-0.39, 0.29) is 30.2 Å². The zero-order valence-electron chi connectivity index (χ0n) is 17.2. The number of aromatic nitrogens is 2.